The second kappa shape index (κ2) is 8.62. The summed E-state index contributed by atoms with van der Waals surface area (Å²) in [4.78, 5) is 27.2. The van der Waals surface area contributed by atoms with Gasteiger partial charge in [0.05, 0.1) is 27.2 Å². The molecule has 4 aromatic rings. The summed E-state index contributed by atoms with van der Waals surface area (Å²) in [5.41, 5.74) is 3.92. The largest absolute Gasteiger partial charge is 0.342 e. The molecule has 160 valence electrons. The molecule has 0 bridgehead atoms. The third-order valence-corrected chi connectivity index (χ3v) is 6.62. The van der Waals surface area contributed by atoms with E-state index in [9.17, 15) is 9.59 Å². The Morgan fingerprint density at radius 3 is 2.45 bits per heavy atom. The summed E-state index contributed by atoms with van der Waals surface area (Å²) in [5.74, 6) is -0.387. The molecule has 0 aliphatic carbocycles. The van der Waals surface area contributed by atoms with Crippen LogP contribution >= 0.6 is 23.4 Å². The standard InChI is InChI=1S/C26H16ClN3O2S/c27-21-6-2-4-8-23(21)30-25(31)24(33-26(30)32)13-19-16-29(22-7-3-1-5-20(19)22)15-18-11-9-17(14-28)10-12-18/h1-13,16H,15H2/b24-13-. The Morgan fingerprint density at radius 1 is 0.970 bits per heavy atom. The monoisotopic (exact) mass is 469 g/mol. The summed E-state index contributed by atoms with van der Waals surface area (Å²) >= 11 is 7.13. The zero-order valence-corrected chi connectivity index (χ0v) is 18.8. The number of aromatic nitrogens is 1. The minimum atomic E-state index is -0.387. The molecule has 0 spiro atoms. The molecule has 33 heavy (non-hydrogen) atoms. The average Bonchev–Trinajstić information content (AvgIpc) is 3.31. The van der Waals surface area contributed by atoms with Gasteiger partial charge in [0, 0.05) is 29.2 Å². The van der Waals surface area contributed by atoms with Crippen molar-refractivity contribution in [1.82, 2.24) is 4.57 Å². The number of imide groups is 1. The van der Waals surface area contributed by atoms with Gasteiger partial charge >= 0.3 is 0 Å². The van der Waals surface area contributed by atoms with Crippen molar-refractivity contribution in [1.29, 1.82) is 5.26 Å². The van der Waals surface area contributed by atoms with Crippen LogP contribution in [0.4, 0.5) is 10.5 Å². The lowest BCUT2D eigenvalue weighted by Crippen LogP contribution is -2.27. The first-order chi connectivity index (χ1) is 16.0. The van der Waals surface area contributed by atoms with E-state index in [0.717, 1.165) is 38.7 Å². The van der Waals surface area contributed by atoms with E-state index in [1.807, 2.05) is 42.6 Å². The number of thioether (sulfide) groups is 1. The van der Waals surface area contributed by atoms with Crippen molar-refractivity contribution in [2.75, 3.05) is 4.90 Å². The fourth-order valence-corrected chi connectivity index (χ4v) is 4.90. The number of nitriles is 1. The number of benzene rings is 3. The van der Waals surface area contributed by atoms with Crippen LogP contribution < -0.4 is 4.90 Å². The average molecular weight is 470 g/mol. The van der Waals surface area contributed by atoms with E-state index >= 15 is 0 Å². The third-order valence-electron chi connectivity index (χ3n) is 5.43. The van der Waals surface area contributed by atoms with E-state index in [1.54, 1.807) is 42.5 Å². The lowest BCUT2D eigenvalue weighted by molar-refractivity contribution is -0.113. The Bertz CT molecular complexity index is 1480. The van der Waals surface area contributed by atoms with Crippen molar-refractivity contribution < 1.29 is 9.59 Å². The molecule has 1 aliphatic heterocycles. The highest BCUT2D eigenvalue weighted by atomic mass is 35.5. The number of para-hydroxylation sites is 2. The predicted molar refractivity (Wildman–Crippen MR) is 132 cm³/mol. The maximum absolute atomic E-state index is 13.1. The normalized spacial score (nSPS) is 14.9. The minimum absolute atomic E-state index is 0.347. The molecule has 0 saturated carbocycles. The quantitative estimate of drug-likeness (QED) is 0.322. The molecular weight excluding hydrogens is 454 g/mol. The molecule has 7 heteroatoms. The van der Waals surface area contributed by atoms with E-state index in [-0.39, 0.29) is 11.1 Å². The van der Waals surface area contributed by atoms with Gasteiger partial charge in [-0.05, 0) is 53.7 Å². The van der Waals surface area contributed by atoms with Crippen molar-refractivity contribution in [3.05, 3.63) is 106 Å². The summed E-state index contributed by atoms with van der Waals surface area (Å²) < 4.78 is 2.10. The highest BCUT2D eigenvalue weighted by Gasteiger charge is 2.37. The van der Waals surface area contributed by atoms with Gasteiger partial charge in [-0.3, -0.25) is 9.59 Å². The van der Waals surface area contributed by atoms with E-state index in [2.05, 4.69) is 10.6 Å². The number of anilines is 1. The molecule has 0 radical (unpaired) electrons. The van der Waals surface area contributed by atoms with Gasteiger partial charge in [-0.15, -0.1) is 0 Å². The first-order valence-electron chi connectivity index (χ1n) is 10.1. The van der Waals surface area contributed by atoms with E-state index < -0.39 is 0 Å². The van der Waals surface area contributed by atoms with Crippen molar-refractivity contribution in [3.63, 3.8) is 0 Å². The summed E-state index contributed by atoms with van der Waals surface area (Å²) in [7, 11) is 0. The molecule has 5 nitrogen and oxygen atoms in total. The van der Waals surface area contributed by atoms with Gasteiger partial charge in [0.1, 0.15) is 0 Å². The molecule has 1 fully saturated rings. The van der Waals surface area contributed by atoms with Crippen LogP contribution in [0.15, 0.2) is 83.9 Å². The molecule has 0 N–H and O–H groups in total. The van der Waals surface area contributed by atoms with Gasteiger partial charge in [-0.2, -0.15) is 5.26 Å². The zero-order valence-electron chi connectivity index (χ0n) is 17.2. The summed E-state index contributed by atoms with van der Waals surface area (Å²) in [6.45, 7) is 0.612. The van der Waals surface area contributed by atoms with Crippen LogP contribution in [0.1, 0.15) is 16.7 Å². The zero-order chi connectivity index (χ0) is 22.9. The molecule has 1 aromatic heterocycles. The van der Waals surface area contributed by atoms with Crippen LogP contribution in [0.2, 0.25) is 5.02 Å². The molecule has 2 heterocycles. The third kappa shape index (κ3) is 3.93. The maximum Gasteiger partial charge on any atom is 0.298 e. The highest BCUT2D eigenvalue weighted by Crippen LogP contribution is 2.39. The number of halogens is 1. The van der Waals surface area contributed by atoms with Crippen molar-refractivity contribution in [2.24, 2.45) is 0 Å². The Kier molecular flexibility index (Phi) is 5.51. The smallest absolute Gasteiger partial charge is 0.298 e. The fraction of sp³-hybridized carbons (Fsp3) is 0.0385. The van der Waals surface area contributed by atoms with Crippen molar-refractivity contribution in [3.8, 4) is 6.07 Å². The van der Waals surface area contributed by atoms with E-state index in [0.29, 0.717) is 27.7 Å². The first kappa shape index (κ1) is 21.1. The van der Waals surface area contributed by atoms with Crippen LogP contribution in [-0.2, 0) is 11.3 Å². The number of rotatable bonds is 4. The second-order valence-electron chi connectivity index (χ2n) is 7.51. The number of carbonyl (C=O) groups excluding carboxylic acids is 2. The van der Waals surface area contributed by atoms with E-state index in [4.69, 9.17) is 16.9 Å². The second-order valence-corrected chi connectivity index (χ2v) is 8.91. The number of amides is 2. The first-order valence-corrected chi connectivity index (χ1v) is 11.3. The van der Waals surface area contributed by atoms with Crippen molar-refractivity contribution in [2.45, 2.75) is 6.54 Å². The van der Waals surface area contributed by atoms with Gasteiger partial charge < -0.3 is 4.57 Å². The maximum atomic E-state index is 13.1. The van der Waals surface area contributed by atoms with E-state index in [1.165, 1.54) is 0 Å². The predicted octanol–water partition coefficient (Wildman–Crippen LogP) is 6.46. The number of hydrogen-bond acceptors (Lipinski definition) is 4. The summed E-state index contributed by atoms with van der Waals surface area (Å²) in [6, 6.07) is 24.3. The van der Waals surface area contributed by atoms with Gasteiger partial charge in [0.15, 0.2) is 0 Å². The molecule has 1 aliphatic rings. The molecule has 1 saturated heterocycles. The van der Waals surface area contributed by atoms with Crippen LogP contribution in [-0.4, -0.2) is 15.7 Å². The number of hydrogen-bond donors (Lipinski definition) is 0. The number of carbonyl (C=O) groups is 2. The van der Waals surface area contributed by atoms with Crippen LogP contribution in [0, 0.1) is 11.3 Å². The SMILES string of the molecule is N#Cc1ccc(Cn2cc(/C=C3\SC(=O)N(c4ccccc4Cl)C3=O)c3ccccc32)cc1. The lowest BCUT2D eigenvalue weighted by atomic mass is 10.1. The Balaban J connectivity index is 1.51. The van der Waals surface area contributed by atoms with Crippen LogP contribution in [0.3, 0.4) is 0 Å². The Morgan fingerprint density at radius 2 is 1.70 bits per heavy atom. The molecule has 2 amide bonds. The molecule has 0 atom stereocenters. The van der Waals surface area contributed by atoms with Gasteiger partial charge in [-0.1, -0.05) is 54.1 Å². The Hall–Kier alpha value is -3.79. The number of fused-ring (bicyclic) bond motifs is 1. The van der Waals surface area contributed by atoms with Gasteiger partial charge in [0.25, 0.3) is 11.1 Å². The highest BCUT2D eigenvalue weighted by molar-refractivity contribution is 8.19. The lowest BCUT2D eigenvalue weighted by Gasteiger charge is -2.13. The molecular formula is C26H16ClN3O2S. The Labute approximate surface area is 199 Å². The summed E-state index contributed by atoms with van der Waals surface area (Å²) in [6.07, 6.45) is 3.74. The number of nitrogens with zero attached hydrogens (tertiary/aromatic N) is 3. The molecule has 3 aromatic carbocycles. The van der Waals surface area contributed by atoms with Gasteiger partial charge in [-0.25, -0.2) is 4.90 Å². The molecule has 5 rings (SSSR count). The summed E-state index contributed by atoms with van der Waals surface area (Å²) in [5, 5.41) is 9.97. The van der Waals surface area contributed by atoms with Crippen LogP contribution in [0.5, 0.6) is 0 Å². The topological polar surface area (TPSA) is 66.1 Å². The van der Waals surface area contributed by atoms with Crippen molar-refractivity contribution >= 4 is 57.2 Å². The van der Waals surface area contributed by atoms with Crippen LogP contribution in [0.25, 0.3) is 17.0 Å². The minimum Gasteiger partial charge on any atom is -0.342 e. The molecule has 0 unspecified atom stereocenters. The van der Waals surface area contributed by atoms with Gasteiger partial charge in [0.2, 0.25) is 0 Å². The fourth-order valence-electron chi connectivity index (χ4n) is 3.85.